The molecule has 0 radical (unpaired) electrons. The second-order valence-electron chi connectivity index (χ2n) is 7.84. The summed E-state index contributed by atoms with van der Waals surface area (Å²) in [5.74, 6) is 2.39. The van der Waals surface area contributed by atoms with E-state index in [1.54, 1.807) is 6.07 Å². The van der Waals surface area contributed by atoms with E-state index < -0.39 is 0 Å². The van der Waals surface area contributed by atoms with Crippen LogP contribution in [0.4, 0.5) is 0 Å². The van der Waals surface area contributed by atoms with Gasteiger partial charge in [0.15, 0.2) is 11.5 Å². The number of hydrogen-bond acceptors (Lipinski definition) is 4. The molecule has 0 saturated carbocycles. The molecule has 2 atom stereocenters. The molecule has 6 heteroatoms. The second kappa shape index (κ2) is 7.65. The Morgan fingerprint density at radius 3 is 2.77 bits per heavy atom. The molecule has 1 aromatic rings. The van der Waals surface area contributed by atoms with Gasteiger partial charge in [0.25, 0.3) is 0 Å². The third-order valence-corrected chi connectivity index (χ3v) is 6.24. The van der Waals surface area contributed by atoms with Crippen LogP contribution in [-0.2, 0) is 11.3 Å². The topological polar surface area (TPSA) is 42.0 Å². The van der Waals surface area contributed by atoms with Crippen LogP contribution in [-0.4, -0.2) is 48.2 Å². The molecule has 1 amide bonds. The van der Waals surface area contributed by atoms with E-state index in [2.05, 4.69) is 11.8 Å². The van der Waals surface area contributed by atoms with Crippen LogP contribution < -0.4 is 9.47 Å². The molecular formula is C20H27ClN2O3. The first-order valence-electron chi connectivity index (χ1n) is 9.70. The Bertz CT molecular complexity index is 681. The number of likely N-dealkylation sites (tertiary alicyclic amines) is 2. The highest BCUT2D eigenvalue weighted by Crippen LogP contribution is 2.37. The molecule has 0 bridgehead atoms. The second-order valence-corrected chi connectivity index (χ2v) is 8.24. The number of ether oxygens (including phenoxy) is 2. The molecule has 2 saturated heterocycles. The van der Waals surface area contributed by atoms with Crippen LogP contribution in [0.3, 0.4) is 0 Å². The summed E-state index contributed by atoms with van der Waals surface area (Å²) in [6.07, 6.45) is 5.24. The van der Waals surface area contributed by atoms with E-state index >= 15 is 0 Å². The SMILES string of the molecule is CC1CCCN(C2CCC(=O)N(Cc3cc4c(cc3Cl)OCO4)CC2)C1. The third-order valence-electron chi connectivity index (χ3n) is 5.88. The lowest BCUT2D eigenvalue weighted by atomic mass is 9.96. The Labute approximate surface area is 160 Å². The zero-order valence-electron chi connectivity index (χ0n) is 15.4. The first-order valence-corrected chi connectivity index (χ1v) is 10.1. The minimum Gasteiger partial charge on any atom is -0.454 e. The van der Waals surface area contributed by atoms with Gasteiger partial charge in [0, 0.05) is 43.2 Å². The molecule has 2 unspecified atom stereocenters. The van der Waals surface area contributed by atoms with Crippen molar-refractivity contribution in [3.05, 3.63) is 22.7 Å². The van der Waals surface area contributed by atoms with Gasteiger partial charge in [-0.25, -0.2) is 0 Å². The highest BCUT2D eigenvalue weighted by molar-refractivity contribution is 6.31. The quantitative estimate of drug-likeness (QED) is 0.804. The summed E-state index contributed by atoms with van der Waals surface area (Å²) in [5.41, 5.74) is 0.925. The van der Waals surface area contributed by atoms with Gasteiger partial charge in [0.05, 0.1) is 0 Å². The number of halogens is 1. The largest absolute Gasteiger partial charge is 0.454 e. The maximum absolute atomic E-state index is 12.7. The van der Waals surface area contributed by atoms with E-state index in [0.29, 0.717) is 35.5 Å². The highest BCUT2D eigenvalue weighted by atomic mass is 35.5. The Morgan fingerprint density at radius 2 is 1.96 bits per heavy atom. The Morgan fingerprint density at radius 1 is 1.15 bits per heavy atom. The van der Waals surface area contributed by atoms with Crippen molar-refractivity contribution < 1.29 is 14.3 Å². The van der Waals surface area contributed by atoms with Crippen molar-refractivity contribution >= 4 is 17.5 Å². The predicted molar refractivity (Wildman–Crippen MR) is 101 cm³/mol. The van der Waals surface area contributed by atoms with Crippen molar-refractivity contribution in [3.8, 4) is 11.5 Å². The van der Waals surface area contributed by atoms with Crippen LogP contribution >= 0.6 is 11.6 Å². The molecule has 2 fully saturated rings. The zero-order chi connectivity index (χ0) is 18.1. The molecule has 142 valence electrons. The summed E-state index contributed by atoms with van der Waals surface area (Å²) in [6, 6.07) is 4.23. The normalized spacial score (nSPS) is 26.8. The number of fused-ring (bicyclic) bond motifs is 1. The third kappa shape index (κ3) is 3.79. The fraction of sp³-hybridized carbons (Fsp3) is 0.650. The van der Waals surface area contributed by atoms with E-state index in [1.165, 1.54) is 25.9 Å². The van der Waals surface area contributed by atoms with Crippen molar-refractivity contribution in [1.29, 1.82) is 0 Å². The van der Waals surface area contributed by atoms with Crippen LogP contribution in [0.25, 0.3) is 0 Å². The average molecular weight is 379 g/mol. The summed E-state index contributed by atoms with van der Waals surface area (Å²) in [4.78, 5) is 17.2. The standard InChI is InChI=1S/C20H27ClN2O3/c1-14-3-2-7-22(11-14)16-4-5-20(24)23(8-6-16)12-15-9-18-19(10-17(15)21)26-13-25-18/h9-10,14,16H,2-8,11-13H2,1H3. The lowest BCUT2D eigenvalue weighted by molar-refractivity contribution is -0.131. The van der Waals surface area contributed by atoms with Gasteiger partial charge in [0.1, 0.15) is 0 Å². The molecule has 5 nitrogen and oxygen atoms in total. The van der Waals surface area contributed by atoms with Gasteiger partial charge < -0.3 is 19.3 Å². The molecular weight excluding hydrogens is 352 g/mol. The molecule has 3 aliphatic heterocycles. The monoisotopic (exact) mass is 378 g/mol. The lowest BCUT2D eigenvalue weighted by Gasteiger charge is -2.37. The minimum atomic E-state index is 0.228. The number of carbonyl (C=O) groups excluding carboxylic acids is 1. The van der Waals surface area contributed by atoms with Gasteiger partial charge in [-0.1, -0.05) is 18.5 Å². The van der Waals surface area contributed by atoms with Gasteiger partial charge >= 0.3 is 0 Å². The molecule has 3 heterocycles. The van der Waals surface area contributed by atoms with Crippen molar-refractivity contribution in [2.45, 2.75) is 51.6 Å². The first kappa shape index (κ1) is 17.9. The van der Waals surface area contributed by atoms with Gasteiger partial charge in [-0.3, -0.25) is 4.79 Å². The molecule has 26 heavy (non-hydrogen) atoms. The van der Waals surface area contributed by atoms with Crippen LogP contribution in [0.1, 0.15) is 44.6 Å². The molecule has 0 N–H and O–H groups in total. The summed E-state index contributed by atoms with van der Waals surface area (Å²) >= 11 is 6.40. The van der Waals surface area contributed by atoms with Crippen LogP contribution in [0.15, 0.2) is 12.1 Å². The van der Waals surface area contributed by atoms with Crippen LogP contribution in [0.5, 0.6) is 11.5 Å². The number of hydrogen-bond donors (Lipinski definition) is 0. The number of amides is 1. The van der Waals surface area contributed by atoms with Gasteiger partial charge in [-0.05, 0) is 49.8 Å². The maximum atomic E-state index is 12.7. The molecule has 4 rings (SSSR count). The van der Waals surface area contributed by atoms with Crippen LogP contribution in [0.2, 0.25) is 5.02 Å². The van der Waals surface area contributed by atoms with E-state index in [0.717, 1.165) is 30.9 Å². The molecule has 0 spiro atoms. The van der Waals surface area contributed by atoms with Crippen molar-refractivity contribution in [2.24, 2.45) is 5.92 Å². The number of nitrogens with zero attached hydrogens (tertiary/aromatic N) is 2. The highest BCUT2D eigenvalue weighted by Gasteiger charge is 2.29. The fourth-order valence-electron chi connectivity index (χ4n) is 4.40. The summed E-state index contributed by atoms with van der Waals surface area (Å²) in [5, 5.41) is 0.632. The van der Waals surface area contributed by atoms with Gasteiger partial charge in [-0.2, -0.15) is 0 Å². The molecule has 1 aromatic carbocycles. The Kier molecular flexibility index (Phi) is 5.28. The van der Waals surface area contributed by atoms with Crippen LogP contribution in [0, 0.1) is 5.92 Å². The number of carbonyl (C=O) groups is 1. The number of benzene rings is 1. The van der Waals surface area contributed by atoms with Gasteiger partial charge in [-0.15, -0.1) is 0 Å². The Balaban J connectivity index is 1.42. The summed E-state index contributed by atoms with van der Waals surface area (Å²) < 4.78 is 10.8. The predicted octanol–water partition coefficient (Wildman–Crippen LogP) is 3.68. The first-order chi connectivity index (χ1) is 12.6. The van der Waals surface area contributed by atoms with Crippen molar-refractivity contribution in [1.82, 2.24) is 9.80 Å². The van der Waals surface area contributed by atoms with Crippen molar-refractivity contribution in [2.75, 3.05) is 26.4 Å². The molecule has 3 aliphatic rings. The number of rotatable bonds is 3. The fourth-order valence-corrected chi connectivity index (χ4v) is 4.61. The summed E-state index contributed by atoms with van der Waals surface area (Å²) in [6.45, 7) is 6.25. The maximum Gasteiger partial charge on any atom is 0.231 e. The van der Waals surface area contributed by atoms with E-state index in [1.807, 2.05) is 11.0 Å². The van der Waals surface area contributed by atoms with E-state index in [-0.39, 0.29) is 12.7 Å². The van der Waals surface area contributed by atoms with Gasteiger partial charge in [0.2, 0.25) is 12.7 Å². The Hall–Kier alpha value is -1.46. The van der Waals surface area contributed by atoms with E-state index in [4.69, 9.17) is 21.1 Å². The average Bonchev–Trinajstić information content (AvgIpc) is 2.99. The molecule has 0 aromatic heterocycles. The lowest BCUT2D eigenvalue weighted by Crippen LogP contribution is -2.42. The van der Waals surface area contributed by atoms with E-state index in [9.17, 15) is 4.79 Å². The smallest absolute Gasteiger partial charge is 0.231 e. The summed E-state index contributed by atoms with van der Waals surface area (Å²) in [7, 11) is 0. The zero-order valence-corrected chi connectivity index (χ0v) is 16.1. The number of piperidine rings is 1. The minimum absolute atomic E-state index is 0.228. The molecule has 0 aliphatic carbocycles. The van der Waals surface area contributed by atoms with Crippen molar-refractivity contribution in [3.63, 3.8) is 0 Å².